The minimum Gasteiger partial charge on any atom is -0.286 e. The highest BCUT2D eigenvalue weighted by atomic mass is 32.2. The zero-order valence-electron chi connectivity index (χ0n) is 13.7. The number of carbonyl (C=O) groups excluding carboxylic acids is 1. The normalized spacial score (nSPS) is 18.5. The first-order valence-electron chi connectivity index (χ1n) is 7.57. The molecule has 0 saturated carbocycles. The summed E-state index contributed by atoms with van der Waals surface area (Å²) in [5.74, 6) is -0.223. The van der Waals surface area contributed by atoms with Gasteiger partial charge in [0.2, 0.25) is 0 Å². The molecule has 3 rings (SSSR count). The topological polar surface area (TPSA) is 66.8 Å². The van der Waals surface area contributed by atoms with Crippen LogP contribution in [0, 0.1) is 6.92 Å². The highest BCUT2D eigenvalue weighted by Gasteiger charge is 2.34. The molecule has 1 saturated heterocycles. The van der Waals surface area contributed by atoms with Crippen LogP contribution in [-0.4, -0.2) is 30.9 Å². The Morgan fingerprint density at radius 2 is 1.92 bits per heavy atom. The number of rotatable bonds is 4. The van der Waals surface area contributed by atoms with Gasteiger partial charge in [0, 0.05) is 11.4 Å². The van der Waals surface area contributed by atoms with Crippen LogP contribution in [0.25, 0.3) is 6.08 Å². The molecule has 0 bridgehead atoms. The largest absolute Gasteiger partial charge is 0.286 e. The van der Waals surface area contributed by atoms with Crippen LogP contribution in [0.1, 0.15) is 17.4 Å². The van der Waals surface area contributed by atoms with Crippen molar-refractivity contribution in [3.63, 3.8) is 0 Å². The Hall–Kier alpha value is -1.90. The predicted molar refractivity (Wildman–Crippen MR) is 103 cm³/mol. The highest BCUT2D eigenvalue weighted by molar-refractivity contribution is 8.19. The summed E-state index contributed by atoms with van der Waals surface area (Å²) in [5.41, 5.74) is 0.966. The third kappa shape index (κ3) is 3.86. The average Bonchev–Trinajstić information content (AvgIpc) is 3.17. The van der Waals surface area contributed by atoms with Crippen molar-refractivity contribution in [3.8, 4) is 0 Å². The van der Waals surface area contributed by atoms with Gasteiger partial charge in [0.25, 0.3) is 15.9 Å². The Morgan fingerprint density at radius 1 is 1.20 bits per heavy atom. The summed E-state index contributed by atoms with van der Waals surface area (Å²) in [6.07, 6.45) is 1.77. The van der Waals surface area contributed by atoms with Crippen LogP contribution in [0.3, 0.4) is 0 Å². The van der Waals surface area contributed by atoms with Crippen LogP contribution in [0.5, 0.6) is 0 Å². The second-order valence-corrected chi connectivity index (χ2v) is 8.93. The lowest BCUT2D eigenvalue weighted by Crippen LogP contribution is -2.29. The third-order valence-corrected chi connectivity index (χ3v) is 6.76. The van der Waals surface area contributed by atoms with Gasteiger partial charge in [-0.25, -0.2) is 0 Å². The molecule has 1 aromatic heterocycles. The summed E-state index contributed by atoms with van der Waals surface area (Å²) in [6.45, 7) is 4.03. The molecule has 130 valence electrons. The van der Waals surface area contributed by atoms with Crippen molar-refractivity contribution < 1.29 is 13.2 Å². The first-order valence-corrected chi connectivity index (χ1v) is 10.7. The van der Waals surface area contributed by atoms with Gasteiger partial charge in [0.15, 0.2) is 5.17 Å². The van der Waals surface area contributed by atoms with Gasteiger partial charge in [0.05, 0.1) is 9.80 Å². The smallest absolute Gasteiger partial charge is 0.284 e. The molecule has 0 N–H and O–H groups in total. The second kappa shape index (κ2) is 7.15. The molecular weight excluding hydrogens is 376 g/mol. The number of benzene rings is 1. The minimum absolute atomic E-state index is 0.116. The molecule has 0 unspecified atom stereocenters. The number of carbonyl (C=O) groups is 1. The lowest BCUT2D eigenvalue weighted by Gasteiger charge is -2.11. The van der Waals surface area contributed by atoms with Crippen LogP contribution < -0.4 is 0 Å². The Kier molecular flexibility index (Phi) is 5.12. The second-order valence-electron chi connectivity index (χ2n) is 5.34. The molecule has 0 atom stereocenters. The number of hydrogen-bond donors (Lipinski definition) is 0. The van der Waals surface area contributed by atoms with Crippen molar-refractivity contribution in [1.82, 2.24) is 4.90 Å². The van der Waals surface area contributed by atoms with E-state index in [-0.39, 0.29) is 16.0 Å². The number of thiophene rings is 1. The van der Waals surface area contributed by atoms with Crippen molar-refractivity contribution in [3.05, 3.63) is 57.1 Å². The van der Waals surface area contributed by atoms with Gasteiger partial charge in [-0.15, -0.1) is 15.7 Å². The fraction of sp³-hybridized carbons (Fsp3) is 0.176. The number of sulfonamides is 1. The maximum absolute atomic E-state index is 12.5. The number of likely N-dealkylation sites (N-methyl/N-ethyl adjacent to an activating group) is 1. The Morgan fingerprint density at radius 3 is 2.52 bits per heavy atom. The van der Waals surface area contributed by atoms with Crippen LogP contribution in [0.4, 0.5) is 0 Å². The number of hydrogen-bond acceptors (Lipinski definition) is 5. The molecule has 0 spiro atoms. The fourth-order valence-electron chi connectivity index (χ4n) is 2.22. The zero-order chi connectivity index (χ0) is 18.0. The molecule has 0 aliphatic carbocycles. The first-order chi connectivity index (χ1) is 11.9. The van der Waals surface area contributed by atoms with Gasteiger partial charge in [-0.2, -0.15) is 8.42 Å². The Bertz CT molecular complexity index is 944. The average molecular weight is 393 g/mol. The molecule has 0 radical (unpaired) electrons. The van der Waals surface area contributed by atoms with Crippen LogP contribution in [0.15, 0.2) is 56.0 Å². The van der Waals surface area contributed by atoms with E-state index in [4.69, 9.17) is 0 Å². The summed E-state index contributed by atoms with van der Waals surface area (Å²) in [5, 5.41) is 2.11. The fourth-order valence-corrected chi connectivity index (χ4v) is 5.19. The Balaban J connectivity index is 1.96. The maximum atomic E-state index is 12.5. The van der Waals surface area contributed by atoms with E-state index in [0.717, 1.165) is 22.2 Å². The van der Waals surface area contributed by atoms with E-state index in [1.54, 1.807) is 25.1 Å². The van der Waals surface area contributed by atoms with E-state index in [2.05, 4.69) is 4.40 Å². The summed E-state index contributed by atoms with van der Waals surface area (Å²) in [4.78, 5) is 15.4. The van der Waals surface area contributed by atoms with Gasteiger partial charge >= 0.3 is 0 Å². The van der Waals surface area contributed by atoms with Crippen molar-refractivity contribution in [2.75, 3.05) is 6.54 Å². The molecule has 1 fully saturated rings. The molecule has 1 aliphatic rings. The van der Waals surface area contributed by atoms with E-state index in [9.17, 15) is 13.2 Å². The molecule has 1 amide bonds. The first kappa shape index (κ1) is 17.9. The SMILES string of the molecule is CCN1C(=O)/C(=C/c2cccs2)SC1=NS(=O)(=O)c1ccc(C)cc1. The molecule has 1 aliphatic heterocycles. The monoisotopic (exact) mass is 392 g/mol. The van der Waals surface area contributed by atoms with E-state index in [0.29, 0.717) is 11.4 Å². The molecular formula is C17H16N2O3S3. The molecule has 5 nitrogen and oxygen atoms in total. The van der Waals surface area contributed by atoms with E-state index >= 15 is 0 Å². The van der Waals surface area contributed by atoms with Crippen molar-refractivity contribution >= 4 is 50.3 Å². The molecule has 25 heavy (non-hydrogen) atoms. The van der Waals surface area contributed by atoms with Gasteiger partial charge in [0.1, 0.15) is 0 Å². The van der Waals surface area contributed by atoms with Gasteiger partial charge in [-0.1, -0.05) is 23.8 Å². The number of amides is 1. The number of amidine groups is 1. The maximum Gasteiger partial charge on any atom is 0.284 e. The molecule has 2 aromatic rings. The van der Waals surface area contributed by atoms with Gasteiger partial charge in [-0.3, -0.25) is 9.69 Å². The summed E-state index contributed by atoms with van der Waals surface area (Å²) in [7, 11) is -3.86. The molecule has 1 aromatic carbocycles. The third-order valence-electron chi connectivity index (χ3n) is 3.54. The minimum atomic E-state index is -3.86. The van der Waals surface area contributed by atoms with Crippen LogP contribution >= 0.6 is 23.1 Å². The van der Waals surface area contributed by atoms with Crippen molar-refractivity contribution in [2.45, 2.75) is 18.7 Å². The highest BCUT2D eigenvalue weighted by Crippen LogP contribution is 2.34. The zero-order valence-corrected chi connectivity index (χ0v) is 16.1. The van der Waals surface area contributed by atoms with Gasteiger partial charge in [-0.05, 0) is 55.3 Å². The Labute approximate surface area is 155 Å². The summed E-state index contributed by atoms with van der Waals surface area (Å²) >= 11 is 2.60. The summed E-state index contributed by atoms with van der Waals surface area (Å²) < 4.78 is 29.0. The van der Waals surface area contributed by atoms with Crippen LogP contribution in [0.2, 0.25) is 0 Å². The number of aryl methyl sites for hydroxylation is 1. The van der Waals surface area contributed by atoms with E-state index in [1.165, 1.54) is 28.4 Å². The lowest BCUT2D eigenvalue weighted by molar-refractivity contribution is -0.122. The molecule has 8 heteroatoms. The summed E-state index contributed by atoms with van der Waals surface area (Å²) in [6, 6.07) is 10.3. The van der Waals surface area contributed by atoms with E-state index in [1.807, 2.05) is 24.4 Å². The lowest BCUT2D eigenvalue weighted by atomic mass is 10.2. The van der Waals surface area contributed by atoms with Crippen LogP contribution in [-0.2, 0) is 14.8 Å². The standard InChI is InChI=1S/C17H16N2O3S3/c1-3-19-16(20)15(11-13-5-4-10-23-13)24-17(19)18-25(21,22)14-8-6-12(2)7-9-14/h4-11H,3H2,1-2H3/b15-11-,18-17?. The number of thioether (sulfide) groups is 1. The quantitative estimate of drug-likeness (QED) is 0.744. The predicted octanol–water partition coefficient (Wildman–Crippen LogP) is 3.74. The van der Waals surface area contributed by atoms with Crippen molar-refractivity contribution in [2.24, 2.45) is 4.40 Å². The van der Waals surface area contributed by atoms with Crippen molar-refractivity contribution in [1.29, 1.82) is 0 Å². The van der Waals surface area contributed by atoms with E-state index < -0.39 is 10.0 Å². The van der Waals surface area contributed by atoms with Gasteiger partial charge < -0.3 is 0 Å². The molecule has 2 heterocycles. The number of nitrogens with zero attached hydrogens (tertiary/aromatic N) is 2.